The molecule has 6 heteroatoms. The molecule has 0 aliphatic carbocycles. The predicted molar refractivity (Wildman–Crippen MR) is 135 cm³/mol. The Morgan fingerprint density at radius 3 is 2.55 bits per heavy atom. The summed E-state index contributed by atoms with van der Waals surface area (Å²) >= 11 is 0. The van der Waals surface area contributed by atoms with Crippen molar-refractivity contribution in [2.45, 2.75) is 39.2 Å². The number of carboxylic acid groups (broad SMARTS) is 1. The van der Waals surface area contributed by atoms with Gasteiger partial charge in [0, 0.05) is 38.9 Å². The largest absolute Gasteiger partial charge is 0.480 e. The van der Waals surface area contributed by atoms with E-state index in [4.69, 9.17) is 10.8 Å². The third kappa shape index (κ3) is 7.27. The first-order valence-corrected chi connectivity index (χ1v) is 11.8. The van der Waals surface area contributed by atoms with Crippen LogP contribution in [0, 0.1) is 6.92 Å². The molecule has 1 aromatic heterocycles. The van der Waals surface area contributed by atoms with Crippen molar-refractivity contribution in [2.24, 2.45) is 5.73 Å². The summed E-state index contributed by atoms with van der Waals surface area (Å²) in [5.74, 6) is 0.143. The van der Waals surface area contributed by atoms with Crippen molar-refractivity contribution in [3.05, 3.63) is 77.5 Å². The summed E-state index contributed by atoms with van der Waals surface area (Å²) in [7, 11) is 0. The average molecular weight is 449 g/mol. The predicted octanol–water partition coefficient (Wildman–Crippen LogP) is 3.91. The monoisotopic (exact) mass is 448 g/mol. The van der Waals surface area contributed by atoms with Crippen molar-refractivity contribution in [2.75, 3.05) is 37.6 Å². The van der Waals surface area contributed by atoms with E-state index in [2.05, 4.69) is 65.1 Å². The summed E-state index contributed by atoms with van der Waals surface area (Å²) in [5, 5.41) is 9.00. The van der Waals surface area contributed by atoms with Gasteiger partial charge in [0.25, 0.3) is 0 Å². The lowest BCUT2D eigenvalue weighted by molar-refractivity contribution is -0.138. The van der Waals surface area contributed by atoms with Crippen LogP contribution < -0.4 is 10.6 Å². The number of aryl methyl sites for hydroxylation is 1. The van der Waals surface area contributed by atoms with E-state index in [1.807, 2.05) is 24.4 Å². The van der Waals surface area contributed by atoms with Crippen LogP contribution in [0.5, 0.6) is 0 Å². The molecule has 0 amide bonds. The zero-order valence-electron chi connectivity index (χ0n) is 19.8. The van der Waals surface area contributed by atoms with Crippen LogP contribution in [0.1, 0.15) is 36.5 Å². The van der Waals surface area contributed by atoms with Gasteiger partial charge in [-0.1, -0.05) is 55.5 Å². The number of rotatable bonds is 10. The number of carbonyl (C=O) groups is 1. The van der Waals surface area contributed by atoms with Crippen molar-refractivity contribution in [1.82, 2.24) is 9.88 Å². The Bertz CT molecular complexity index is 960. The Morgan fingerprint density at radius 1 is 1.18 bits per heavy atom. The number of nitrogens with zero attached hydrogens (tertiary/aromatic N) is 3. The second-order valence-electron chi connectivity index (χ2n) is 8.58. The molecule has 2 heterocycles. The zero-order chi connectivity index (χ0) is 23.6. The van der Waals surface area contributed by atoms with E-state index in [1.54, 1.807) is 0 Å². The highest BCUT2D eigenvalue weighted by Gasteiger charge is 2.18. The molecule has 33 heavy (non-hydrogen) atoms. The Hall–Kier alpha value is -2.96. The maximum Gasteiger partial charge on any atom is 0.320 e. The van der Waals surface area contributed by atoms with Gasteiger partial charge in [-0.3, -0.25) is 9.69 Å². The number of allylic oxidation sites excluding steroid dienone is 3. The van der Waals surface area contributed by atoms with Gasteiger partial charge in [0.2, 0.25) is 0 Å². The molecule has 1 saturated heterocycles. The molecule has 1 fully saturated rings. The molecule has 1 aliphatic heterocycles. The SMILES string of the molecule is CC/C=C(\C=C/CCN1CCN(c2ncccc2C)CC1)c1ccc(CC(N)C(=O)O)cc1. The highest BCUT2D eigenvalue weighted by Crippen LogP contribution is 2.20. The molecule has 0 radical (unpaired) electrons. The first-order valence-electron chi connectivity index (χ1n) is 11.8. The van der Waals surface area contributed by atoms with Gasteiger partial charge in [0.05, 0.1) is 0 Å². The maximum absolute atomic E-state index is 11.0. The fourth-order valence-corrected chi connectivity index (χ4v) is 4.14. The van der Waals surface area contributed by atoms with Crippen LogP contribution in [0.3, 0.4) is 0 Å². The van der Waals surface area contributed by atoms with Crippen LogP contribution in [0.4, 0.5) is 5.82 Å². The standard InChI is InChI=1S/C27H36N4O2/c1-3-7-23(24-12-10-22(11-13-24)20-25(28)27(32)33)9-4-5-15-30-16-18-31(19-17-30)26-21(2)8-6-14-29-26/h4,6-14,25H,3,5,15-20,28H2,1-2H3,(H,32,33)/b9-4-,23-7+. The smallest absolute Gasteiger partial charge is 0.320 e. The van der Waals surface area contributed by atoms with Crippen molar-refractivity contribution in [1.29, 1.82) is 0 Å². The quantitative estimate of drug-likeness (QED) is 0.537. The number of piperazine rings is 1. The molecular formula is C27H36N4O2. The third-order valence-electron chi connectivity index (χ3n) is 6.05. The Labute approximate surface area is 197 Å². The van der Waals surface area contributed by atoms with Crippen molar-refractivity contribution >= 4 is 17.4 Å². The van der Waals surface area contributed by atoms with Gasteiger partial charge in [-0.2, -0.15) is 0 Å². The van der Waals surface area contributed by atoms with Gasteiger partial charge in [0.1, 0.15) is 11.9 Å². The average Bonchev–Trinajstić information content (AvgIpc) is 2.82. The Balaban J connectivity index is 1.48. The number of hydrogen-bond acceptors (Lipinski definition) is 5. The summed E-state index contributed by atoms with van der Waals surface area (Å²) in [6, 6.07) is 11.3. The molecule has 0 bridgehead atoms. The fraction of sp³-hybridized carbons (Fsp3) is 0.407. The second-order valence-corrected chi connectivity index (χ2v) is 8.58. The molecule has 1 aliphatic rings. The molecule has 2 aromatic rings. The van der Waals surface area contributed by atoms with Crippen molar-refractivity contribution in [3.8, 4) is 0 Å². The molecular weight excluding hydrogens is 412 g/mol. The minimum atomic E-state index is -0.971. The minimum Gasteiger partial charge on any atom is -0.480 e. The van der Waals surface area contributed by atoms with Gasteiger partial charge in [-0.15, -0.1) is 0 Å². The van der Waals surface area contributed by atoms with Gasteiger partial charge in [-0.25, -0.2) is 4.98 Å². The third-order valence-corrected chi connectivity index (χ3v) is 6.05. The van der Waals surface area contributed by atoms with Crippen LogP contribution in [0.15, 0.2) is 60.8 Å². The highest BCUT2D eigenvalue weighted by atomic mass is 16.4. The van der Waals surface area contributed by atoms with E-state index in [1.165, 1.54) is 11.1 Å². The van der Waals surface area contributed by atoms with Crippen LogP contribution in [-0.4, -0.2) is 59.7 Å². The van der Waals surface area contributed by atoms with Crippen LogP contribution >= 0.6 is 0 Å². The Kier molecular flexibility index (Phi) is 9.22. The summed E-state index contributed by atoms with van der Waals surface area (Å²) < 4.78 is 0. The summed E-state index contributed by atoms with van der Waals surface area (Å²) in [6.45, 7) is 9.46. The number of benzene rings is 1. The molecule has 0 spiro atoms. The van der Waals surface area contributed by atoms with Gasteiger partial charge >= 0.3 is 5.97 Å². The van der Waals surface area contributed by atoms with Gasteiger partial charge in [0.15, 0.2) is 0 Å². The zero-order valence-corrected chi connectivity index (χ0v) is 19.8. The first-order chi connectivity index (χ1) is 16.0. The molecule has 176 valence electrons. The Morgan fingerprint density at radius 2 is 1.91 bits per heavy atom. The molecule has 3 rings (SSSR count). The lowest BCUT2D eigenvalue weighted by Crippen LogP contribution is -2.47. The van der Waals surface area contributed by atoms with Gasteiger partial charge < -0.3 is 15.7 Å². The summed E-state index contributed by atoms with van der Waals surface area (Å²) in [5.41, 5.74) is 10.2. The van der Waals surface area contributed by atoms with E-state index < -0.39 is 12.0 Å². The van der Waals surface area contributed by atoms with E-state index in [-0.39, 0.29) is 0 Å². The second kappa shape index (κ2) is 12.3. The topological polar surface area (TPSA) is 82.7 Å². The molecule has 3 N–H and O–H groups in total. The molecule has 1 aromatic carbocycles. The number of pyridine rings is 1. The minimum absolute atomic E-state index is 0.339. The van der Waals surface area contributed by atoms with E-state index in [0.717, 1.165) is 62.5 Å². The molecule has 1 unspecified atom stereocenters. The van der Waals surface area contributed by atoms with Crippen LogP contribution in [0.25, 0.3) is 5.57 Å². The number of carboxylic acids is 1. The van der Waals surface area contributed by atoms with E-state index in [9.17, 15) is 4.79 Å². The lowest BCUT2D eigenvalue weighted by atomic mass is 9.99. The lowest BCUT2D eigenvalue weighted by Gasteiger charge is -2.35. The van der Waals surface area contributed by atoms with Crippen LogP contribution in [-0.2, 0) is 11.2 Å². The first kappa shape index (κ1) is 24.7. The van der Waals surface area contributed by atoms with Gasteiger partial charge in [-0.05, 0) is 54.5 Å². The molecule has 6 nitrogen and oxygen atoms in total. The van der Waals surface area contributed by atoms with Crippen LogP contribution in [0.2, 0.25) is 0 Å². The number of aliphatic carboxylic acids is 1. The maximum atomic E-state index is 11.0. The number of hydrogen-bond donors (Lipinski definition) is 2. The number of nitrogens with two attached hydrogens (primary N) is 1. The number of aromatic nitrogens is 1. The summed E-state index contributed by atoms with van der Waals surface area (Å²) in [6.07, 6.45) is 10.9. The van der Waals surface area contributed by atoms with Crippen molar-refractivity contribution < 1.29 is 9.90 Å². The molecule has 0 saturated carbocycles. The molecule has 1 atom stereocenters. The summed E-state index contributed by atoms with van der Waals surface area (Å²) in [4.78, 5) is 20.4. The van der Waals surface area contributed by atoms with E-state index >= 15 is 0 Å². The highest BCUT2D eigenvalue weighted by molar-refractivity contribution is 5.75. The van der Waals surface area contributed by atoms with E-state index in [0.29, 0.717) is 6.42 Å². The fourth-order valence-electron chi connectivity index (χ4n) is 4.14. The number of anilines is 1. The van der Waals surface area contributed by atoms with Crippen molar-refractivity contribution in [3.63, 3.8) is 0 Å². The normalized spacial score (nSPS) is 16.3.